The minimum absolute atomic E-state index is 0.0762. The Morgan fingerprint density at radius 2 is 1.68 bits per heavy atom. The molecular formula is C25H27N7O5S3. The fourth-order valence-electron chi connectivity index (χ4n) is 3.55. The number of rotatable bonds is 13. The highest BCUT2D eigenvalue weighted by molar-refractivity contribution is 8.01. The van der Waals surface area contributed by atoms with E-state index in [2.05, 4.69) is 31.0 Å². The van der Waals surface area contributed by atoms with Gasteiger partial charge in [-0.05, 0) is 30.0 Å². The van der Waals surface area contributed by atoms with Gasteiger partial charge in [-0.25, -0.2) is 0 Å². The minimum atomic E-state index is -0.367. The van der Waals surface area contributed by atoms with Gasteiger partial charge < -0.3 is 19.5 Å². The van der Waals surface area contributed by atoms with Crippen LogP contribution >= 0.6 is 34.9 Å². The van der Waals surface area contributed by atoms with Gasteiger partial charge in [0.05, 0.1) is 33.6 Å². The number of methoxy groups -OCH3 is 3. The summed E-state index contributed by atoms with van der Waals surface area (Å²) in [6.07, 6.45) is 0. The van der Waals surface area contributed by atoms with Gasteiger partial charge in [0, 0.05) is 11.3 Å². The zero-order valence-corrected chi connectivity index (χ0v) is 24.6. The van der Waals surface area contributed by atoms with Gasteiger partial charge in [-0.1, -0.05) is 60.0 Å². The second kappa shape index (κ2) is 14.0. The van der Waals surface area contributed by atoms with Gasteiger partial charge in [-0.15, -0.1) is 20.4 Å². The van der Waals surface area contributed by atoms with Gasteiger partial charge in [-0.2, -0.15) is 0 Å². The van der Waals surface area contributed by atoms with Crippen molar-refractivity contribution in [3.63, 3.8) is 0 Å². The third-order valence-electron chi connectivity index (χ3n) is 5.30. The Morgan fingerprint density at radius 1 is 0.950 bits per heavy atom. The van der Waals surface area contributed by atoms with Crippen LogP contribution in [0.4, 0.5) is 5.13 Å². The van der Waals surface area contributed by atoms with Crippen LogP contribution in [-0.4, -0.2) is 69.6 Å². The number of para-hydroxylation sites is 1. The summed E-state index contributed by atoms with van der Waals surface area (Å²) in [6.45, 7) is 2.10. The highest BCUT2D eigenvalue weighted by atomic mass is 32.2. The normalized spacial score (nSPS) is 10.7. The summed E-state index contributed by atoms with van der Waals surface area (Å²) in [6, 6.07) is 12.6. The molecule has 2 N–H and O–H groups in total. The predicted octanol–water partition coefficient (Wildman–Crippen LogP) is 3.92. The van der Waals surface area contributed by atoms with Crippen LogP contribution < -0.4 is 24.8 Å². The fourth-order valence-corrected chi connectivity index (χ4v) is 5.98. The SMILES string of the molecule is CCSc1nnc(NC(=O)CSc2nnc(CNC(=O)c3cc(OC)c(OC)c(OC)c3)n2-c2ccccc2)s1. The Kier molecular flexibility index (Phi) is 10.2. The Labute approximate surface area is 243 Å². The summed E-state index contributed by atoms with van der Waals surface area (Å²) in [5.74, 6) is 1.96. The molecule has 0 aliphatic rings. The first-order valence-electron chi connectivity index (χ1n) is 11.9. The standard InChI is InChI=1S/C25H27N7O5S3/c1-5-38-25-31-29-23(40-25)27-20(33)14-39-24-30-28-19(32(24)16-9-7-6-8-10-16)13-26-22(34)15-11-17(35-2)21(37-4)18(12-15)36-3/h6-12H,5,13-14H2,1-4H3,(H,26,34)(H,27,29,33). The van der Waals surface area contributed by atoms with E-state index >= 15 is 0 Å². The summed E-state index contributed by atoms with van der Waals surface area (Å²) < 4.78 is 18.6. The van der Waals surface area contributed by atoms with Crippen LogP contribution in [0.1, 0.15) is 23.1 Å². The summed E-state index contributed by atoms with van der Waals surface area (Å²) in [5, 5.41) is 23.2. The number of amides is 2. The minimum Gasteiger partial charge on any atom is -0.493 e. The van der Waals surface area contributed by atoms with Gasteiger partial charge in [0.2, 0.25) is 16.8 Å². The number of carbonyl (C=O) groups excluding carboxylic acids is 2. The molecule has 2 amide bonds. The van der Waals surface area contributed by atoms with Crippen molar-refractivity contribution in [3.05, 3.63) is 53.9 Å². The van der Waals surface area contributed by atoms with E-state index in [4.69, 9.17) is 14.2 Å². The molecule has 4 rings (SSSR count). The number of thioether (sulfide) groups is 2. The van der Waals surface area contributed by atoms with Crippen molar-refractivity contribution < 1.29 is 23.8 Å². The topological polar surface area (TPSA) is 142 Å². The molecule has 4 aromatic rings. The van der Waals surface area contributed by atoms with E-state index in [1.54, 1.807) is 28.5 Å². The molecule has 0 spiro atoms. The van der Waals surface area contributed by atoms with Gasteiger partial charge in [-0.3, -0.25) is 19.5 Å². The smallest absolute Gasteiger partial charge is 0.251 e. The Hall–Kier alpha value is -3.82. The van der Waals surface area contributed by atoms with Crippen molar-refractivity contribution in [2.45, 2.75) is 23.0 Å². The second-order valence-corrected chi connectivity index (χ2v) is 11.2. The molecule has 12 nitrogen and oxygen atoms in total. The number of hydrogen-bond acceptors (Lipinski definition) is 12. The van der Waals surface area contributed by atoms with Crippen LogP contribution in [0, 0.1) is 0 Å². The molecule has 0 aliphatic heterocycles. The number of ether oxygens (including phenoxy) is 3. The molecule has 0 atom stereocenters. The van der Waals surface area contributed by atoms with Crippen LogP contribution in [-0.2, 0) is 11.3 Å². The number of carbonyl (C=O) groups is 2. The maximum Gasteiger partial charge on any atom is 0.251 e. The lowest BCUT2D eigenvalue weighted by Crippen LogP contribution is -2.25. The molecule has 2 aromatic heterocycles. The van der Waals surface area contributed by atoms with E-state index in [0.29, 0.717) is 38.9 Å². The third kappa shape index (κ3) is 7.03. The van der Waals surface area contributed by atoms with Gasteiger partial charge >= 0.3 is 0 Å². The van der Waals surface area contributed by atoms with Crippen LogP contribution in [0.3, 0.4) is 0 Å². The first-order chi connectivity index (χ1) is 19.5. The molecule has 15 heteroatoms. The van der Waals surface area contributed by atoms with Crippen molar-refractivity contribution in [3.8, 4) is 22.9 Å². The molecular weight excluding hydrogens is 575 g/mol. The summed E-state index contributed by atoms with van der Waals surface area (Å²) in [4.78, 5) is 25.6. The molecule has 0 bridgehead atoms. The number of nitrogens with one attached hydrogen (secondary N) is 2. The van der Waals surface area contributed by atoms with Crippen LogP contribution in [0.25, 0.3) is 5.69 Å². The van der Waals surface area contributed by atoms with Crippen molar-refractivity contribution in [2.75, 3.05) is 38.2 Å². The zero-order chi connectivity index (χ0) is 28.5. The predicted molar refractivity (Wildman–Crippen MR) is 154 cm³/mol. The van der Waals surface area contributed by atoms with Gasteiger partial charge in [0.25, 0.3) is 5.91 Å². The lowest BCUT2D eigenvalue weighted by molar-refractivity contribution is -0.113. The number of anilines is 1. The van der Waals surface area contributed by atoms with Crippen molar-refractivity contribution >= 4 is 51.8 Å². The van der Waals surface area contributed by atoms with Crippen LogP contribution in [0.15, 0.2) is 52.0 Å². The number of benzene rings is 2. The van der Waals surface area contributed by atoms with Crippen molar-refractivity contribution in [1.82, 2.24) is 30.3 Å². The average Bonchev–Trinajstić information content (AvgIpc) is 3.60. The van der Waals surface area contributed by atoms with E-state index in [1.807, 2.05) is 37.3 Å². The van der Waals surface area contributed by atoms with Crippen molar-refractivity contribution in [2.24, 2.45) is 0 Å². The highest BCUT2D eigenvalue weighted by Crippen LogP contribution is 2.38. The quantitative estimate of drug-likeness (QED) is 0.170. The molecule has 0 saturated carbocycles. The average molecular weight is 602 g/mol. The third-order valence-corrected chi connectivity index (χ3v) is 8.08. The molecule has 2 aromatic carbocycles. The molecule has 0 fully saturated rings. The first kappa shape index (κ1) is 29.2. The summed E-state index contributed by atoms with van der Waals surface area (Å²) >= 11 is 4.11. The van der Waals surface area contributed by atoms with Gasteiger partial charge in [0.15, 0.2) is 26.8 Å². The molecule has 0 radical (unpaired) electrons. The Bertz CT molecular complexity index is 1440. The molecule has 210 valence electrons. The maximum atomic E-state index is 13.0. The first-order valence-corrected chi connectivity index (χ1v) is 14.7. The van der Waals surface area contributed by atoms with E-state index in [1.165, 1.54) is 44.4 Å². The van der Waals surface area contributed by atoms with Gasteiger partial charge in [0.1, 0.15) is 0 Å². The number of hydrogen-bond donors (Lipinski definition) is 2. The van der Waals surface area contributed by atoms with E-state index in [9.17, 15) is 9.59 Å². The fraction of sp³-hybridized carbons (Fsp3) is 0.280. The van der Waals surface area contributed by atoms with Crippen LogP contribution in [0.2, 0.25) is 0 Å². The number of aromatic nitrogens is 5. The molecule has 40 heavy (non-hydrogen) atoms. The second-order valence-electron chi connectivity index (χ2n) is 7.81. The Balaban J connectivity index is 1.48. The lowest BCUT2D eigenvalue weighted by atomic mass is 10.1. The van der Waals surface area contributed by atoms with Crippen molar-refractivity contribution in [1.29, 1.82) is 0 Å². The zero-order valence-electron chi connectivity index (χ0n) is 22.2. The number of nitrogens with zero attached hydrogens (tertiary/aromatic N) is 5. The highest BCUT2D eigenvalue weighted by Gasteiger charge is 2.20. The molecule has 2 heterocycles. The maximum absolute atomic E-state index is 13.0. The lowest BCUT2D eigenvalue weighted by Gasteiger charge is -2.14. The molecule has 0 saturated heterocycles. The van der Waals surface area contributed by atoms with E-state index in [-0.39, 0.29) is 24.1 Å². The molecule has 0 aliphatic carbocycles. The Morgan fingerprint density at radius 3 is 2.33 bits per heavy atom. The summed E-state index contributed by atoms with van der Waals surface area (Å²) in [7, 11) is 4.46. The monoisotopic (exact) mass is 601 g/mol. The molecule has 0 unspecified atom stereocenters. The summed E-state index contributed by atoms with van der Waals surface area (Å²) in [5.41, 5.74) is 1.11. The van der Waals surface area contributed by atoms with E-state index < -0.39 is 0 Å². The van der Waals surface area contributed by atoms with E-state index in [0.717, 1.165) is 15.8 Å². The van der Waals surface area contributed by atoms with Crippen LogP contribution in [0.5, 0.6) is 17.2 Å². The largest absolute Gasteiger partial charge is 0.493 e.